The fourth-order valence-electron chi connectivity index (χ4n) is 1.99. The van der Waals surface area contributed by atoms with Gasteiger partial charge in [-0.1, -0.05) is 39.0 Å². The van der Waals surface area contributed by atoms with Gasteiger partial charge in [0.25, 0.3) is 0 Å². The predicted octanol–water partition coefficient (Wildman–Crippen LogP) is 2.19. The molecule has 102 valence electrons. The molecule has 0 saturated heterocycles. The maximum absolute atomic E-state index is 5.30. The molecule has 0 aliphatic carbocycles. The molecule has 0 radical (unpaired) electrons. The summed E-state index contributed by atoms with van der Waals surface area (Å²) < 4.78 is 0. The van der Waals surface area contributed by atoms with Crippen LogP contribution in [0.25, 0.3) is 0 Å². The molecule has 0 fully saturated rings. The molecule has 1 aromatic rings. The van der Waals surface area contributed by atoms with Crippen molar-refractivity contribution in [3.8, 4) is 0 Å². The second-order valence-corrected chi connectivity index (χ2v) is 6.08. The highest BCUT2D eigenvalue weighted by atomic mass is 15.3. The third-order valence-corrected chi connectivity index (χ3v) is 3.33. The summed E-state index contributed by atoms with van der Waals surface area (Å²) in [5.74, 6) is 5.30. The van der Waals surface area contributed by atoms with E-state index in [-0.39, 0.29) is 5.41 Å². The first-order valence-corrected chi connectivity index (χ1v) is 6.56. The Kier molecular flexibility index (Phi) is 5.32. The summed E-state index contributed by atoms with van der Waals surface area (Å²) in [6.07, 6.45) is 1.06. The molecule has 0 atom stereocenters. The first kappa shape index (κ1) is 15.2. The van der Waals surface area contributed by atoms with E-state index >= 15 is 0 Å². The molecule has 0 aliphatic heterocycles. The lowest BCUT2D eigenvalue weighted by atomic mass is 9.85. The Balaban J connectivity index is 2.69. The lowest BCUT2D eigenvalue weighted by Crippen LogP contribution is -2.36. The van der Waals surface area contributed by atoms with Gasteiger partial charge in [-0.05, 0) is 42.5 Å². The molecule has 3 heteroatoms. The van der Waals surface area contributed by atoms with Crippen LogP contribution in [0.2, 0.25) is 0 Å². The van der Waals surface area contributed by atoms with E-state index in [1.54, 1.807) is 0 Å². The Morgan fingerprint density at radius 1 is 1.28 bits per heavy atom. The Morgan fingerprint density at radius 2 is 1.94 bits per heavy atom. The van der Waals surface area contributed by atoms with Crippen molar-refractivity contribution in [1.82, 2.24) is 10.3 Å². The predicted molar refractivity (Wildman–Crippen MR) is 78.4 cm³/mol. The fourth-order valence-corrected chi connectivity index (χ4v) is 1.99. The van der Waals surface area contributed by atoms with Gasteiger partial charge in [0.15, 0.2) is 0 Å². The second-order valence-electron chi connectivity index (χ2n) is 6.08. The molecule has 1 rings (SSSR count). The normalized spacial score (nSPS) is 12.2. The SMILES string of the molecule is Cc1cc(C(C)(C)C)ccc1CCN(C)CNN. The van der Waals surface area contributed by atoms with E-state index in [0.29, 0.717) is 0 Å². The van der Waals surface area contributed by atoms with Crippen molar-refractivity contribution in [3.05, 3.63) is 34.9 Å². The number of nitrogens with one attached hydrogen (secondary N) is 1. The number of hydrazine groups is 1. The van der Waals surface area contributed by atoms with Crippen LogP contribution in [0.4, 0.5) is 0 Å². The lowest BCUT2D eigenvalue weighted by Gasteiger charge is -2.21. The number of aryl methyl sites for hydroxylation is 1. The van der Waals surface area contributed by atoms with Crippen LogP contribution in [0.1, 0.15) is 37.5 Å². The van der Waals surface area contributed by atoms with Gasteiger partial charge in [-0.15, -0.1) is 0 Å². The molecule has 3 nitrogen and oxygen atoms in total. The molecule has 0 amide bonds. The summed E-state index contributed by atoms with van der Waals surface area (Å²) in [5, 5.41) is 0. The van der Waals surface area contributed by atoms with Crippen molar-refractivity contribution < 1.29 is 0 Å². The van der Waals surface area contributed by atoms with Gasteiger partial charge in [0.05, 0.1) is 6.67 Å². The van der Waals surface area contributed by atoms with Crippen molar-refractivity contribution in [3.63, 3.8) is 0 Å². The maximum atomic E-state index is 5.30. The third kappa shape index (κ3) is 4.41. The van der Waals surface area contributed by atoms with Gasteiger partial charge < -0.3 is 0 Å². The smallest absolute Gasteiger partial charge is 0.0610 e. The third-order valence-electron chi connectivity index (χ3n) is 3.33. The molecule has 0 aliphatic rings. The molecule has 0 spiro atoms. The summed E-state index contributed by atoms with van der Waals surface area (Å²) in [7, 11) is 2.07. The molecular weight excluding hydrogens is 222 g/mol. The Hall–Kier alpha value is -0.900. The number of likely N-dealkylation sites (N-methyl/N-ethyl adjacent to an activating group) is 1. The molecule has 0 heterocycles. The van der Waals surface area contributed by atoms with E-state index in [1.807, 2.05) is 0 Å². The number of nitrogens with zero attached hydrogens (tertiary/aromatic N) is 1. The molecule has 0 unspecified atom stereocenters. The minimum atomic E-state index is 0.226. The summed E-state index contributed by atoms with van der Waals surface area (Å²) in [6, 6.07) is 6.83. The first-order valence-electron chi connectivity index (χ1n) is 6.56. The van der Waals surface area contributed by atoms with Crippen molar-refractivity contribution in [2.75, 3.05) is 20.3 Å². The Labute approximate surface area is 111 Å². The van der Waals surface area contributed by atoms with Crippen LogP contribution in [0.15, 0.2) is 18.2 Å². The molecule has 0 saturated carbocycles. The van der Waals surface area contributed by atoms with Crippen LogP contribution in [0.5, 0.6) is 0 Å². The van der Waals surface area contributed by atoms with Crippen LogP contribution in [-0.4, -0.2) is 25.2 Å². The van der Waals surface area contributed by atoms with E-state index in [2.05, 4.69) is 63.3 Å². The second kappa shape index (κ2) is 6.32. The highest BCUT2D eigenvalue weighted by Gasteiger charge is 2.14. The number of hydrogen-bond donors (Lipinski definition) is 2. The van der Waals surface area contributed by atoms with Crippen molar-refractivity contribution in [2.24, 2.45) is 5.84 Å². The van der Waals surface area contributed by atoms with Crippen LogP contribution >= 0.6 is 0 Å². The molecular formula is C15H27N3. The van der Waals surface area contributed by atoms with Gasteiger partial charge >= 0.3 is 0 Å². The summed E-state index contributed by atoms with van der Waals surface area (Å²) in [6.45, 7) is 10.7. The van der Waals surface area contributed by atoms with Crippen molar-refractivity contribution >= 4 is 0 Å². The Bertz CT molecular complexity index is 380. The number of rotatable bonds is 5. The van der Waals surface area contributed by atoms with Gasteiger partial charge in [-0.3, -0.25) is 10.7 Å². The average Bonchev–Trinajstić information content (AvgIpc) is 2.26. The monoisotopic (exact) mass is 249 g/mol. The van der Waals surface area contributed by atoms with Crippen LogP contribution in [0, 0.1) is 6.92 Å². The molecule has 18 heavy (non-hydrogen) atoms. The van der Waals surface area contributed by atoms with Crippen LogP contribution in [0.3, 0.4) is 0 Å². The topological polar surface area (TPSA) is 41.3 Å². The largest absolute Gasteiger partial charge is 0.292 e. The zero-order valence-corrected chi connectivity index (χ0v) is 12.4. The van der Waals surface area contributed by atoms with Crippen LogP contribution < -0.4 is 11.3 Å². The van der Waals surface area contributed by atoms with E-state index in [9.17, 15) is 0 Å². The van der Waals surface area contributed by atoms with E-state index in [0.717, 1.165) is 19.6 Å². The molecule has 3 N–H and O–H groups in total. The lowest BCUT2D eigenvalue weighted by molar-refractivity contribution is 0.312. The zero-order valence-electron chi connectivity index (χ0n) is 12.4. The minimum absolute atomic E-state index is 0.226. The minimum Gasteiger partial charge on any atom is -0.292 e. The standard InChI is InChI=1S/C15H27N3/c1-12-10-14(15(2,3)4)7-6-13(12)8-9-18(5)11-17-16/h6-7,10,17H,8-9,11,16H2,1-5H3. The first-order chi connectivity index (χ1) is 8.34. The molecule has 1 aromatic carbocycles. The highest BCUT2D eigenvalue weighted by molar-refractivity contribution is 5.34. The fraction of sp³-hybridized carbons (Fsp3) is 0.600. The maximum Gasteiger partial charge on any atom is 0.0610 e. The number of benzene rings is 1. The van der Waals surface area contributed by atoms with Crippen molar-refractivity contribution in [2.45, 2.75) is 39.5 Å². The Morgan fingerprint density at radius 3 is 2.44 bits per heavy atom. The van der Waals surface area contributed by atoms with Crippen molar-refractivity contribution in [1.29, 1.82) is 0 Å². The molecule has 0 aromatic heterocycles. The highest BCUT2D eigenvalue weighted by Crippen LogP contribution is 2.24. The summed E-state index contributed by atoms with van der Waals surface area (Å²) in [4.78, 5) is 2.18. The molecule has 0 bridgehead atoms. The van der Waals surface area contributed by atoms with Gasteiger partial charge in [0.2, 0.25) is 0 Å². The van der Waals surface area contributed by atoms with E-state index in [1.165, 1.54) is 16.7 Å². The van der Waals surface area contributed by atoms with Gasteiger partial charge in [0, 0.05) is 6.54 Å². The summed E-state index contributed by atoms with van der Waals surface area (Å²) >= 11 is 0. The van der Waals surface area contributed by atoms with Gasteiger partial charge in [-0.25, -0.2) is 5.43 Å². The van der Waals surface area contributed by atoms with Gasteiger partial charge in [-0.2, -0.15) is 0 Å². The number of nitrogens with two attached hydrogens (primary N) is 1. The quantitative estimate of drug-likeness (QED) is 0.477. The number of hydrogen-bond acceptors (Lipinski definition) is 3. The summed E-state index contributed by atoms with van der Waals surface area (Å²) in [5.41, 5.74) is 7.11. The zero-order chi connectivity index (χ0) is 13.8. The van der Waals surface area contributed by atoms with E-state index < -0.39 is 0 Å². The van der Waals surface area contributed by atoms with Crippen LogP contribution in [-0.2, 0) is 11.8 Å². The average molecular weight is 249 g/mol. The van der Waals surface area contributed by atoms with E-state index in [4.69, 9.17) is 5.84 Å². The van der Waals surface area contributed by atoms with Gasteiger partial charge in [0.1, 0.15) is 0 Å².